The van der Waals surface area contributed by atoms with Crippen LogP contribution in [0.5, 0.6) is 0 Å². The van der Waals surface area contributed by atoms with E-state index in [1.807, 2.05) is 6.07 Å². The highest BCUT2D eigenvalue weighted by molar-refractivity contribution is 6.33. The topological polar surface area (TPSA) is 92.3 Å². The lowest BCUT2D eigenvalue weighted by molar-refractivity contribution is -0.385. The normalized spacial score (nSPS) is 19.3. The van der Waals surface area contributed by atoms with Gasteiger partial charge in [0.25, 0.3) is 5.69 Å². The van der Waals surface area contributed by atoms with Gasteiger partial charge in [0.2, 0.25) is 0 Å². The van der Waals surface area contributed by atoms with Crippen molar-refractivity contribution in [2.75, 3.05) is 24.6 Å². The number of pyridine rings is 1. The molecule has 0 radical (unpaired) electrons. The maximum Gasteiger partial charge on any atom is 0.289 e. The Bertz CT molecular complexity index is 516. The van der Waals surface area contributed by atoms with Crippen molar-refractivity contribution < 1.29 is 9.66 Å². The molecule has 2 heterocycles. The Labute approximate surface area is 108 Å². The number of nitrogens with zero attached hydrogens (tertiary/aromatic N) is 4. The Kier molecular flexibility index (Phi) is 3.60. The zero-order chi connectivity index (χ0) is 13.1. The summed E-state index contributed by atoms with van der Waals surface area (Å²) in [6.07, 6.45) is 0.615. The van der Waals surface area contributed by atoms with Gasteiger partial charge in [-0.3, -0.25) is 10.1 Å². The lowest BCUT2D eigenvalue weighted by Gasteiger charge is -2.30. The number of hydrogen-bond donors (Lipinski definition) is 0. The van der Waals surface area contributed by atoms with Crippen LogP contribution in [0, 0.1) is 21.4 Å². The third kappa shape index (κ3) is 2.50. The summed E-state index contributed by atoms with van der Waals surface area (Å²) in [4.78, 5) is 15.8. The number of halogens is 1. The number of aromatic nitrogens is 1. The van der Waals surface area contributed by atoms with E-state index in [9.17, 15) is 10.1 Å². The average Bonchev–Trinajstić information content (AvgIpc) is 2.38. The van der Waals surface area contributed by atoms with Crippen molar-refractivity contribution in [3.05, 3.63) is 27.4 Å². The minimum Gasteiger partial charge on any atom is -0.360 e. The molecule has 0 aromatic carbocycles. The third-order valence-electron chi connectivity index (χ3n) is 2.53. The fraction of sp³-hybridized carbons (Fsp3) is 0.400. The number of morpholine rings is 1. The van der Waals surface area contributed by atoms with E-state index < -0.39 is 11.0 Å². The van der Waals surface area contributed by atoms with E-state index in [1.54, 1.807) is 4.90 Å². The molecule has 7 nitrogen and oxygen atoms in total. The molecule has 1 unspecified atom stereocenters. The van der Waals surface area contributed by atoms with E-state index in [4.69, 9.17) is 21.6 Å². The van der Waals surface area contributed by atoms with Crippen molar-refractivity contribution in [3.8, 4) is 6.07 Å². The molecule has 0 spiro atoms. The number of anilines is 1. The Morgan fingerprint density at radius 2 is 2.50 bits per heavy atom. The fourth-order valence-electron chi connectivity index (χ4n) is 1.67. The first-order valence-electron chi connectivity index (χ1n) is 5.18. The van der Waals surface area contributed by atoms with Crippen LogP contribution >= 0.6 is 11.6 Å². The summed E-state index contributed by atoms with van der Waals surface area (Å²) in [5.41, 5.74) is -0.158. The summed E-state index contributed by atoms with van der Waals surface area (Å²) < 4.78 is 5.20. The highest BCUT2D eigenvalue weighted by Crippen LogP contribution is 2.28. The Balaban J connectivity index is 2.23. The number of ether oxygens (including phenoxy) is 1. The first kappa shape index (κ1) is 12.5. The molecule has 0 saturated carbocycles. The Morgan fingerprint density at radius 3 is 3.11 bits per heavy atom. The second kappa shape index (κ2) is 5.16. The molecule has 1 aromatic heterocycles. The van der Waals surface area contributed by atoms with Crippen LogP contribution < -0.4 is 4.90 Å². The van der Waals surface area contributed by atoms with Gasteiger partial charge in [-0.25, -0.2) is 4.98 Å². The predicted molar refractivity (Wildman–Crippen MR) is 63.5 cm³/mol. The molecule has 0 N–H and O–H groups in total. The molecule has 0 bridgehead atoms. The lowest BCUT2D eigenvalue weighted by atomic mass is 10.3. The second-order valence-corrected chi connectivity index (χ2v) is 4.10. The van der Waals surface area contributed by atoms with Crippen molar-refractivity contribution in [1.29, 1.82) is 5.26 Å². The highest BCUT2D eigenvalue weighted by Gasteiger charge is 2.23. The van der Waals surface area contributed by atoms with Gasteiger partial charge in [0.15, 0.2) is 6.10 Å². The Hall–Kier alpha value is -1.91. The average molecular weight is 269 g/mol. The zero-order valence-corrected chi connectivity index (χ0v) is 10.0. The molecule has 94 valence electrons. The summed E-state index contributed by atoms with van der Waals surface area (Å²) in [5, 5.41) is 19.6. The molecule has 1 saturated heterocycles. The number of rotatable bonds is 2. The standard InChI is InChI=1S/C10H9ClN4O3/c11-9-3-7(15(16)17)5-13-10(9)14-1-2-18-8(4-12)6-14/h3,5,8H,1-2,6H2. The van der Waals surface area contributed by atoms with E-state index in [1.165, 1.54) is 6.07 Å². The van der Waals surface area contributed by atoms with Crippen LogP contribution in [0.2, 0.25) is 5.02 Å². The van der Waals surface area contributed by atoms with Crippen LogP contribution in [0.25, 0.3) is 0 Å². The molecule has 1 atom stereocenters. The van der Waals surface area contributed by atoms with E-state index in [0.717, 1.165) is 6.20 Å². The maximum absolute atomic E-state index is 10.6. The van der Waals surface area contributed by atoms with Gasteiger partial charge in [-0.15, -0.1) is 0 Å². The van der Waals surface area contributed by atoms with E-state index in [2.05, 4.69) is 4.98 Å². The van der Waals surface area contributed by atoms with Crippen LogP contribution in [-0.4, -0.2) is 35.7 Å². The summed E-state index contributed by atoms with van der Waals surface area (Å²) in [7, 11) is 0. The first-order valence-corrected chi connectivity index (χ1v) is 5.55. The third-order valence-corrected chi connectivity index (χ3v) is 2.81. The van der Waals surface area contributed by atoms with Gasteiger partial charge in [-0.2, -0.15) is 5.26 Å². The van der Waals surface area contributed by atoms with Crippen LogP contribution in [0.4, 0.5) is 11.5 Å². The highest BCUT2D eigenvalue weighted by atomic mass is 35.5. The molecule has 1 aromatic rings. The van der Waals surface area contributed by atoms with E-state index >= 15 is 0 Å². The van der Waals surface area contributed by atoms with Crippen molar-refractivity contribution >= 4 is 23.1 Å². The quantitative estimate of drug-likeness (QED) is 0.594. The fourth-order valence-corrected chi connectivity index (χ4v) is 1.95. The smallest absolute Gasteiger partial charge is 0.289 e. The van der Waals surface area contributed by atoms with Crippen molar-refractivity contribution in [2.24, 2.45) is 0 Å². The molecule has 1 aliphatic heterocycles. The van der Waals surface area contributed by atoms with Crippen LogP contribution in [0.1, 0.15) is 0 Å². The zero-order valence-electron chi connectivity index (χ0n) is 9.24. The molecule has 1 fully saturated rings. The molecular weight excluding hydrogens is 260 g/mol. The number of nitro groups is 1. The number of hydrogen-bond acceptors (Lipinski definition) is 6. The van der Waals surface area contributed by atoms with E-state index in [0.29, 0.717) is 25.5 Å². The van der Waals surface area contributed by atoms with Crippen LogP contribution in [0.3, 0.4) is 0 Å². The molecular formula is C10H9ClN4O3. The van der Waals surface area contributed by atoms with Crippen molar-refractivity contribution in [2.45, 2.75) is 6.10 Å². The van der Waals surface area contributed by atoms with Gasteiger partial charge in [0.1, 0.15) is 12.0 Å². The monoisotopic (exact) mass is 268 g/mol. The van der Waals surface area contributed by atoms with Crippen LogP contribution in [0.15, 0.2) is 12.3 Å². The first-order chi connectivity index (χ1) is 8.61. The van der Waals surface area contributed by atoms with Gasteiger partial charge in [-0.05, 0) is 0 Å². The van der Waals surface area contributed by atoms with Gasteiger partial charge in [0.05, 0.1) is 29.2 Å². The van der Waals surface area contributed by atoms with Crippen molar-refractivity contribution in [3.63, 3.8) is 0 Å². The van der Waals surface area contributed by atoms with Gasteiger partial charge in [-0.1, -0.05) is 11.6 Å². The summed E-state index contributed by atoms with van der Waals surface area (Å²) in [6.45, 7) is 1.29. The van der Waals surface area contributed by atoms with Gasteiger partial charge in [0, 0.05) is 12.6 Å². The summed E-state index contributed by atoms with van der Waals surface area (Å²) in [5.74, 6) is 0.436. The number of nitriles is 1. The van der Waals surface area contributed by atoms with Crippen molar-refractivity contribution in [1.82, 2.24) is 4.98 Å². The second-order valence-electron chi connectivity index (χ2n) is 3.69. The molecule has 1 aliphatic rings. The SMILES string of the molecule is N#CC1CN(c2ncc([N+](=O)[O-])cc2Cl)CCO1. The van der Waals surface area contributed by atoms with Crippen LogP contribution in [-0.2, 0) is 4.74 Å². The minimum absolute atomic E-state index is 0.158. The van der Waals surface area contributed by atoms with Gasteiger partial charge < -0.3 is 9.64 Å². The summed E-state index contributed by atoms with van der Waals surface area (Å²) >= 11 is 5.97. The Morgan fingerprint density at radius 1 is 1.72 bits per heavy atom. The molecule has 8 heteroatoms. The summed E-state index contributed by atoms with van der Waals surface area (Å²) in [6, 6.07) is 3.26. The lowest BCUT2D eigenvalue weighted by Crippen LogP contribution is -2.42. The molecule has 0 amide bonds. The molecule has 0 aliphatic carbocycles. The minimum atomic E-state index is -0.555. The maximum atomic E-state index is 10.6. The molecule has 18 heavy (non-hydrogen) atoms. The van der Waals surface area contributed by atoms with Gasteiger partial charge >= 0.3 is 0 Å². The van der Waals surface area contributed by atoms with E-state index in [-0.39, 0.29) is 10.7 Å². The largest absolute Gasteiger partial charge is 0.360 e. The predicted octanol–water partition coefficient (Wildman–Crippen LogP) is 1.37. The molecule has 2 rings (SSSR count).